The molecule has 3 rings (SSSR count). The number of hydrogen-bond donors (Lipinski definition) is 1. The van der Waals surface area contributed by atoms with Crippen molar-refractivity contribution in [3.8, 4) is 5.40 Å². The Hall–Kier alpha value is -1.26. The van der Waals surface area contributed by atoms with Gasteiger partial charge in [-0.05, 0) is 44.4 Å². The fourth-order valence-corrected chi connectivity index (χ4v) is 5.33. The summed E-state index contributed by atoms with van der Waals surface area (Å²) in [5.41, 5.74) is 0. The number of anilines is 1. The van der Waals surface area contributed by atoms with E-state index >= 15 is 0 Å². The lowest BCUT2D eigenvalue weighted by Gasteiger charge is -2.42. The number of nitrogens with zero attached hydrogens (tertiary/aromatic N) is 3. The molecule has 7 heteroatoms. The molecule has 2 fully saturated rings. The zero-order valence-corrected chi connectivity index (χ0v) is 16.4. The van der Waals surface area contributed by atoms with E-state index in [0.29, 0.717) is 17.2 Å². The maximum Gasteiger partial charge on any atom is 0.324 e. The van der Waals surface area contributed by atoms with Crippen LogP contribution in [0.25, 0.3) is 0 Å². The van der Waals surface area contributed by atoms with Gasteiger partial charge in [0.05, 0.1) is 10.4 Å². The standard InChI is InChI=1S/C18H26N4OS2/c1-13-7-9-15(10-8-13)22(14-5-3-2-4-6-14)18(23)21-17-20-11-16(25-17)24-12-19/h11,13-15H,2-10H2,1H3,(H,20,21,23). The number of nitriles is 1. The predicted octanol–water partition coefficient (Wildman–Crippen LogP) is 5.46. The Morgan fingerprint density at radius 1 is 1.24 bits per heavy atom. The van der Waals surface area contributed by atoms with Crippen molar-refractivity contribution in [1.82, 2.24) is 9.88 Å². The maximum absolute atomic E-state index is 13.1. The molecule has 1 aromatic rings. The molecular weight excluding hydrogens is 352 g/mol. The Bertz CT molecular complexity index is 613. The Morgan fingerprint density at radius 2 is 1.92 bits per heavy atom. The molecule has 0 bridgehead atoms. The number of amides is 2. The molecule has 1 heterocycles. The van der Waals surface area contributed by atoms with Crippen molar-refractivity contribution >= 4 is 34.3 Å². The topological polar surface area (TPSA) is 69.0 Å². The van der Waals surface area contributed by atoms with E-state index in [9.17, 15) is 4.79 Å². The van der Waals surface area contributed by atoms with Gasteiger partial charge in [-0.2, -0.15) is 5.26 Å². The van der Waals surface area contributed by atoms with Crippen molar-refractivity contribution < 1.29 is 4.79 Å². The van der Waals surface area contributed by atoms with Crippen LogP contribution < -0.4 is 5.32 Å². The first-order valence-corrected chi connectivity index (χ1v) is 10.9. The fraction of sp³-hybridized carbons (Fsp3) is 0.722. The van der Waals surface area contributed by atoms with Gasteiger partial charge in [-0.3, -0.25) is 5.32 Å². The van der Waals surface area contributed by atoms with Gasteiger partial charge in [0.1, 0.15) is 5.40 Å². The SMILES string of the molecule is CC1CCC(N(C(=O)Nc2ncc(SC#N)s2)C2CCCCC2)CC1. The Labute approximate surface area is 158 Å². The van der Waals surface area contributed by atoms with Gasteiger partial charge in [-0.25, -0.2) is 9.78 Å². The average molecular weight is 379 g/mol. The van der Waals surface area contributed by atoms with Crippen LogP contribution in [0.2, 0.25) is 0 Å². The molecule has 0 aromatic carbocycles. The fourth-order valence-electron chi connectivity index (χ4n) is 4.07. The van der Waals surface area contributed by atoms with Crippen LogP contribution in [0, 0.1) is 16.6 Å². The second kappa shape index (κ2) is 8.91. The van der Waals surface area contributed by atoms with E-state index < -0.39 is 0 Å². The predicted molar refractivity (Wildman–Crippen MR) is 103 cm³/mol. The molecule has 1 N–H and O–H groups in total. The summed E-state index contributed by atoms with van der Waals surface area (Å²) in [5.74, 6) is 0.775. The monoisotopic (exact) mass is 378 g/mol. The average Bonchev–Trinajstić information content (AvgIpc) is 3.05. The van der Waals surface area contributed by atoms with E-state index in [1.54, 1.807) is 6.20 Å². The Kier molecular flexibility index (Phi) is 6.60. The molecule has 0 unspecified atom stereocenters. The Morgan fingerprint density at radius 3 is 2.60 bits per heavy atom. The molecule has 0 radical (unpaired) electrons. The third-order valence-corrected chi connectivity index (χ3v) is 7.03. The first kappa shape index (κ1) is 18.5. The van der Waals surface area contributed by atoms with Gasteiger partial charge in [-0.15, -0.1) is 0 Å². The molecule has 2 amide bonds. The van der Waals surface area contributed by atoms with E-state index in [1.165, 1.54) is 43.4 Å². The molecule has 2 saturated carbocycles. The van der Waals surface area contributed by atoms with Crippen LogP contribution in [-0.4, -0.2) is 28.0 Å². The molecular formula is C18H26N4OS2. The molecule has 25 heavy (non-hydrogen) atoms. The first-order chi connectivity index (χ1) is 12.2. The summed E-state index contributed by atoms with van der Waals surface area (Å²) >= 11 is 2.45. The lowest BCUT2D eigenvalue weighted by molar-refractivity contribution is 0.105. The third-order valence-electron chi connectivity index (χ3n) is 5.43. The first-order valence-electron chi connectivity index (χ1n) is 9.28. The molecule has 0 aliphatic heterocycles. The van der Waals surface area contributed by atoms with E-state index in [1.807, 2.05) is 5.40 Å². The van der Waals surface area contributed by atoms with Gasteiger partial charge in [0, 0.05) is 23.8 Å². The van der Waals surface area contributed by atoms with Crippen molar-refractivity contribution in [3.63, 3.8) is 0 Å². The zero-order chi connectivity index (χ0) is 17.6. The third kappa shape index (κ3) is 4.89. The summed E-state index contributed by atoms with van der Waals surface area (Å²) in [6, 6.07) is 0.710. The van der Waals surface area contributed by atoms with Crippen molar-refractivity contribution in [3.05, 3.63) is 6.20 Å². The van der Waals surface area contributed by atoms with Crippen LogP contribution >= 0.6 is 23.1 Å². The second-order valence-corrected chi connectivity index (χ2v) is 9.34. The van der Waals surface area contributed by atoms with Crippen molar-refractivity contribution in [2.75, 3.05) is 5.32 Å². The van der Waals surface area contributed by atoms with E-state index in [2.05, 4.69) is 22.1 Å². The summed E-state index contributed by atoms with van der Waals surface area (Å²) < 4.78 is 0.813. The maximum atomic E-state index is 13.1. The lowest BCUT2D eigenvalue weighted by atomic mass is 9.84. The molecule has 0 saturated heterocycles. The number of carbonyl (C=O) groups is 1. The molecule has 0 atom stereocenters. The number of rotatable bonds is 4. The minimum Gasteiger partial charge on any atom is -0.319 e. The summed E-state index contributed by atoms with van der Waals surface area (Å²) in [6.07, 6.45) is 12.3. The highest BCUT2D eigenvalue weighted by Gasteiger charge is 2.33. The molecule has 2 aliphatic rings. The van der Waals surface area contributed by atoms with Crippen molar-refractivity contribution in [2.24, 2.45) is 5.92 Å². The normalized spacial score (nSPS) is 24.5. The largest absolute Gasteiger partial charge is 0.324 e. The van der Waals surface area contributed by atoms with Crippen molar-refractivity contribution in [1.29, 1.82) is 5.26 Å². The zero-order valence-electron chi connectivity index (χ0n) is 14.7. The quantitative estimate of drug-likeness (QED) is 0.558. The van der Waals surface area contributed by atoms with Crippen LogP contribution in [0.15, 0.2) is 10.4 Å². The summed E-state index contributed by atoms with van der Waals surface area (Å²) in [7, 11) is 0. The number of aromatic nitrogens is 1. The van der Waals surface area contributed by atoms with Crippen LogP contribution in [0.5, 0.6) is 0 Å². The molecule has 0 spiro atoms. The number of urea groups is 1. The minimum atomic E-state index is -0.00527. The number of thiazole rings is 1. The van der Waals surface area contributed by atoms with Gasteiger partial charge in [0.15, 0.2) is 5.13 Å². The van der Waals surface area contributed by atoms with Crippen LogP contribution in [-0.2, 0) is 0 Å². The van der Waals surface area contributed by atoms with Gasteiger partial charge in [0.2, 0.25) is 0 Å². The van der Waals surface area contributed by atoms with Crippen LogP contribution in [0.1, 0.15) is 64.7 Å². The highest BCUT2D eigenvalue weighted by molar-refractivity contribution is 8.05. The lowest BCUT2D eigenvalue weighted by Crippen LogP contribution is -2.51. The van der Waals surface area contributed by atoms with Gasteiger partial charge < -0.3 is 4.90 Å². The van der Waals surface area contributed by atoms with Gasteiger partial charge in [0.25, 0.3) is 0 Å². The second-order valence-electron chi connectivity index (χ2n) is 7.22. The van der Waals surface area contributed by atoms with Gasteiger partial charge >= 0.3 is 6.03 Å². The summed E-state index contributed by atoms with van der Waals surface area (Å²) in [6.45, 7) is 2.31. The van der Waals surface area contributed by atoms with E-state index in [0.717, 1.165) is 47.6 Å². The highest BCUT2D eigenvalue weighted by Crippen LogP contribution is 2.33. The highest BCUT2D eigenvalue weighted by atomic mass is 32.2. The molecule has 136 valence electrons. The van der Waals surface area contributed by atoms with Gasteiger partial charge in [-0.1, -0.05) is 37.5 Å². The van der Waals surface area contributed by atoms with E-state index in [-0.39, 0.29) is 6.03 Å². The number of nitrogens with one attached hydrogen (secondary N) is 1. The van der Waals surface area contributed by atoms with Crippen LogP contribution in [0.3, 0.4) is 0 Å². The summed E-state index contributed by atoms with van der Waals surface area (Å²) in [4.78, 5) is 19.5. The smallest absolute Gasteiger partial charge is 0.319 e. The Balaban J connectivity index is 1.70. The van der Waals surface area contributed by atoms with Crippen molar-refractivity contribution in [2.45, 2.75) is 81.0 Å². The van der Waals surface area contributed by atoms with Crippen LogP contribution in [0.4, 0.5) is 9.93 Å². The molecule has 1 aromatic heterocycles. The number of thiocyanates is 1. The minimum absolute atomic E-state index is 0.00527. The number of carbonyl (C=O) groups excluding carboxylic acids is 1. The summed E-state index contributed by atoms with van der Waals surface area (Å²) in [5, 5.41) is 14.4. The number of hydrogen-bond acceptors (Lipinski definition) is 5. The molecule has 2 aliphatic carbocycles. The number of thioether (sulfide) groups is 1. The molecule has 5 nitrogen and oxygen atoms in total. The van der Waals surface area contributed by atoms with E-state index in [4.69, 9.17) is 5.26 Å².